The molecule has 0 spiro atoms. The molecule has 9 heteroatoms. The van der Waals surface area contributed by atoms with E-state index >= 15 is 0 Å². The molecule has 38 heavy (non-hydrogen) atoms. The number of likely N-dealkylation sites (tertiary alicyclic amines) is 1. The summed E-state index contributed by atoms with van der Waals surface area (Å²) in [6, 6.07) is 12.5. The molecule has 3 N–H and O–H groups in total. The lowest BCUT2D eigenvalue weighted by molar-refractivity contribution is -0.139. The van der Waals surface area contributed by atoms with Gasteiger partial charge in [0.1, 0.15) is 11.9 Å². The van der Waals surface area contributed by atoms with Crippen molar-refractivity contribution in [1.82, 2.24) is 25.0 Å². The van der Waals surface area contributed by atoms with Gasteiger partial charge in [0.25, 0.3) is 5.91 Å². The van der Waals surface area contributed by atoms with E-state index in [9.17, 15) is 14.7 Å². The number of aliphatic carboxylic acids is 1. The van der Waals surface area contributed by atoms with Crippen molar-refractivity contribution in [2.75, 3.05) is 31.5 Å². The summed E-state index contributed by atoms with van der Waals surface area (Å²) in [7, 11) is 1.84. The SMILES string of the molecule is Cn1nccc1-c1cccc(C(=O)NC(CCN2CC[C@@H](CCc3ccc4c(n3)NCCC4)C2)C(=O)O)c1. The Labute approximate surface area is 223 Å². The van der Waals surface area contributed by atoms with Crippen molar-refractivity contribution in [2.24, 2.45) is 13.0 Å². The number of carboxylic acids is 1. The summed E-state index contributed by atoms with van der Waals surface area (Å²) in [6.45, 7) is 3.55. The van der Waals surface area contributed by atoms with Gasteiger partial charge in [-0.25, -0.2) is 9.78 Å². The van der Waals surface area contributed by atoms with Crippen molar-refractivity contribution in [3.63, 3.8) is 0 Å². The average Bonchev–Trinajstić information content (AvgIpc) is 3.58. The van der Waals surface area contributed by atoms with Gasteiger partial charge in [-0.3, -0.25) is 9.48 Å². The second kappa shape index (κ2) is 11.8. The predicted octanol–water partition coefficient (Wildman–Crippen LogP) is 3.37. The molecular formula is C29H36N6O3. The zero-order valence-corrected chi connectivity index (χ0v) is 21.9. The highest BCUT2D eigenvalue weighted by Crippen LogP contribution is 2.24. The maximum absolute atomic E-state index is 12.9. The van der Waals surface area contributed by atoms with Crippen molar-refractivity contribution in [2.45, 2.75) is 44.6 Å². The number of anilines is 1. The highest BCUT2D eigenvalue weighted by molar-refractivity contribution is 5.97. The summed E-state index contributed by atoms with van der Waals surface area (Å²) < 4.78 is 1.74. The van der Waals surface area contributed by atoms with E-state index in [0.29, 0.717) is 24.4 Å². The Bertz CT molecular complexity index is 1290. The summed E-state index contributed by atoms with van der Waals surface area (Å²) in [5.41, 5.74) is 4.62. The predicted molar refractivity (Wildman–Crippen MR) is 146 cm³/mol. The minimum Gasteiger partial charge on any atom is -0.480 e. The van der Waals surface area contributed by atoms with Crippen molar-refractivity contribution >= 4 is 17.7 Å². The summed E-state index contributed by atoms with van der Waals surface area (Å²) in [6.07, 6.45) is 7.48. The molecule has 4 heterocycles. The minimum absolute atomic E-state index is 0.368. The maximum Gasteiger partial charge on any atom is 0.326 e. The van der Waals surface area contributed by atoms with Crippen LogP contribution in [0.3, 0.4) is 0 Å². The summed E-state index contributed by atoms with van der Waals surface area (Å²) in [5, 5.41) is 20.1. The van der Waals surface area contributed by atoms with Gasteiger partial charge in [0.15, 0.2) is 0 Å². The van der Waals surface area contributed by atoms with Crippen LogP contribution in [0, 0.1) is 5.92 Å². The molecule has 1 unspecified atom stereocenters. The number of hydrogen-bond donors (Lipinski definition) is 3. The molecule has 5 rings (SSSR count). The summed E-state index contributed by atoms with van der Waals surface area (Å²) >= 11 is 0. The molecule has 0 aliphatic carbocycles. The van der Waals surface area contributed by atoms with Gasteiger partial charge in [0.05, 0.1) is 5.69 Å². The number of nitrogens with zero attached hydrogens (tertiary/aromatic N) is 4. The Morgan fingerprint density at radius 2 is 2.13 bits per heavy atom. The first-order chi connectivity index (χ1) is 18.5. The molecule has 0 bridgehead atoms. The van der Waals surface area contributed by atoms with Crippen LogP contribution in [-0.4, -0.2) is 68.9 Å². The van der Waals surface area contributed by atoms with Crippen molar-refractivity contribution in [1.29, 1.82) is 0 Å². The van der Waals surface area contributed by atoms with E-state index in [1.165, 1.54) is 5.56 Å². The normalized spacial score (nSPS) is 18.0. The van der Waals surface area contributed by atoms with Crippen LogP contribution in [0.4, 0.5) is 5.82 Å². The van der Waals surface area contributed by atoms with Crippen LogP contribution >= 0.6 is 0 Å². The van der Waals surface area contributed by atoms with Crippen LogP contribution in [0.1, 0.15) is 47.3 Å². The molecule has 1 aromatic carbocycles. The van der Waals surface area contributed by atoms with Gasteiger partial charge >= 0.3 is 5.97 Å². The average molecular weight is 517 g/mol. The zero-order valence-electron chi connectivity index (χ0n) is 21.9. The van der Waals surface area contributed by atoms with Gasteiger partial charge in [0, 0.05) is 49.7 Å². The fraction of sp³-hybridized carbons (Fsp3) is 0.448. The topological polar surface area (TPSA) is 112 Å². The lowest BCUT2D eigenvalue weighted by atomic mass is 10.00. The number of aromatic nitrogens is 3. The van der Waals surface area contributed by atoms with Crippen molar-refractivity contribution < 1.29 is 14.7 Å². The van der Waals surface area contributed by atoms with E-state index in [0.717, 1.165) is 74.5 Å². The number of benzene rings is 1. The monoisotopic (exact) mass is 516 g/mol. The molecule has 3 aromatic rings. The number of fused-ring (bicyclic) bond motifs is 1. The molecule has 2 aliphatic rings. The number of nitrogens with one attached hydrogen (secondary N) is 2. The molecule has 200 valence electrons. The first-order valence-electron chi connectivity index (χ1n) is 13.5. The number of rotatable bonds is 10. The number of carboxylic acid groups (broad SMARTS) is 1. The van der Waals surface area contributed by atoms with E-state index in [1.807, 2.05) is 19.2 Å². The van der Waals surface area contributed by atoms with Gasteiger partial charge in [-0.05, 0) is 80.8 Å². The van der Waals surface area contributed by atoms with E-state index < -0.39 is 12.0 Å². The van der Waals surface area contributed by atoms with Crippen LogP contribution < -0.4 is 10.6 Å². The molecule has 1 saturated heterocycles. The standard InChI is InChI=1S/C29H36N6O3/c1-34-26(11-15-31-34)22-4-2-5-23(18-22)28(36)33-25(29(37)38)13-17-35-16-12-20(19-35)7-9-24-10-8-21-6-3-14-30-27(21)32-24/h2,4-5,8,10-11,15,18,20,25H,3,6-7,9,12-14,16-17,19H2,1H3,(H,30,32)(H,33,36)(H,37,38)/t20-,25?/m1/s1. The molecule has 2 atom stereocenters. The van der Waals surface area contributed by atoms with E-state index in [-0.39, 0.29) is 5.91 Å². The molecule has 0 radical (unpaired) electrons. The quantitative estimate of drug-likeness (QED) is 0.379. The molecule has 1 amide bonds. The van der Waals surface area contributed by atoms with Crippen molar-refractivity contribution in [3.05, 3.63) is 65.5 Å². The third-order valence-electron chi connectivity index (χ3n) is 7.71. The van der Waals surface area contributed by atoms with Gasteiger partial charge in [0.2, 0.25) is 0 Å². The van der Waals surface area contributed by atoms with Gasteiger partial charge < -0.3 is 20.6 Å². The second-order valence-corrected chi connectivity index (χ2v) is 10.4. The fourth-order valence-electron chi connectivity index (χ4n) is 5.50. The first-order valence-corrected chi connectivity index (χ1v) is 13.5. The Balaban J connectivity index is 1.10. The zero-order chi connectivity index (χ0) is 26.5. The van der Waals surface area contributed by atoms with Crippen LogP contribution in [-0.2, 0) is 24.7 Å². The minimum atomic E-state index is -1.01. The van der Waals surface area contributed by atoms with Crippen LogP contribution in [0.25, 0.3) is 11.3 Å². The maximum atomic E-state index is 12.9. The number of pyridine rings is 1. The van der Waals surface area contributed by atoms with Gasteiger partial charge in [-0.15, -0.1) is 0 Å². The molecular weight excluding hydrogens is 480 g/mol. The first kappa shape index (κ1) is 25.9. The number of carbonyl (C=O) groups is 2. The molecule has 2 aliphatic heterocycles. The van der Waals surface area contributed by atoms with Crippen LogP contribution in [0.15, 0.2) is 48.7 Å². The smallest absolute Gasteiger partial charge is 0.326 e. The Morgan fingerprint density at radius 1 is 1.24 bits per heavy atom. The molecule has 1 fully saturated rings. The van der Waals surface area contributed by atoms with Gasteiger partial charge in [-0.2, -0.15) is 5.10 Å². The third-order valence-corrected chi connectivity index (χ3v) is 7.71. The second-order valence-electron chi connectivity index (χ2n) is 10.4. The number of carbonyl (C=O) groups excluding carboxylic acids is 1. The van der Waals surface area contributed by atoms with E-state index in [2.05, 4.69) is 32.8 Å². The Kier molecular flexibility index (Phi) is 8.03. The summed E-state index contributed by atoms with van der Waals surface area (Å²) in [5.74, 6) is 0.234. The largest absolute Gasteiger partial charge is 0.480 e. The lowest BCUT2D eigenvalue weighted by Crippen LogP contribution is -2.43. The molecule has 9 nitrogen and oxygen atoms in total. The molecule has 2 aromatic heterocycles. The Morgan fingerprint density at radius 3 is 2.95 bits per heavy atom. The van der Waals surface area contributed by atoms with Gasteiger partial charge in [-0.1, -0.05) is 18.2 Å². The number of hydrogen-bond acceptors (Lipinski definition) is 6. The van der Waals surface area contributed by atoms with Crippen LogP contribution in [0.2, 0.25) is 0 Å². The van der Waals surface area contributed by atoms with Crippen LogP contribution in [0.5, 0.6) is 0 Å². The van der Waals surface area contributed by atoms with Crippen molar-refractivity contribution in [3.8, 4) is 11.3 Å². The van der Waals surface area contributed by atoms with E-state index in [4.69, 9.17) is 4.98 Å². The summed E-state index contributed by atoms with van der Waals surface area (Å²) in [4.78, 5) is 32.0. The van der Waals surface area contributed by atoms with E-state index in [1.54, 1.807) is 29.1 Å². The number of amides is 1. The Hall–Kier alpha value is -3.72. The highest BCUT2D eigenvalue weighted by atomic mass is 16.4. The fourth-order valence-corrected chi connectivity index (χ4v) is 5.50. The number of aryl methyl sites for hydroxylation is 3. The molecule has 0 saturated carbocycles. The third kappa shape index (κ3) is 6.22. The highest BCUT2D eigenvalue weighted by Gasteiger charge is 2.26. The lowest BCUT2D eigenvalue weighted by Gasteiger charge is -2.20.